The van der Waals surface area contributed by atoms with E-state index in [4.69, 9.17) is 0 Å². The van der Waals surface area contributed by atoms with E-state index in [-0.39, 0.29) is 4.90 Å². The summed E-state index contributed by atoms with van der Waals surface area (Å²) in [6.45, 7) is 0. The summed E-state index contributed by atoms with van der Waals surface area (Å²) in [5, 5.41) is 9.43. The van der Waals surface area contributed by atoms with Gasteiger partial charge in [0.25, 0.3) is 0 Å². The van der Waals surface area contributed by atoms with Gasteiger partial charge in [0.15, 0.2) is 20.0 Å². The molecule has 0 aliphatic rings. The first-order valence-electron chi connectivity index (χ1n) is 9.20. The highest BCUT2D eigenvalue weighted by Crippen LogP contribution is 2.36. The Morgan fingerprint density at radius 2 is 1.77 bits per heavy atom. The average Bonchev–Trinajstić information content (AvgIpc) is 3.37. The molecule has 0 N–H and O–H groups in total. The number of hydrogen-bond donors (Lipinski definition) is 0. The lowest BCUT2D eigenvalue weighted by atomic mass is 10.3. The smallest absolute Gasteiger partial charge is 0.203 e. The summed E-state index contributed by atoms with van der Waals surface area (Å²) in [5.41, 5.74) is 2.37. The largest absolute Gasteiger partial charge is 0.268 e. The number of benzene rings is 2. The van der Waals surface area contributed by atoms with E-state index < -0.39 is 9.84 Å². The maximum Gasteiger partial charge on any atom is 0.203 e. The van der Waals surface area contributed by atoms with Crippen molar-refractivity contribution in [1.82, 2.24) is 24.7 Å². The van der Waals surface area contributed by atoms with Gasteiger partial charge in [-0.15, -0.1) is 21.5 Å². The van der Waals surface area contributed by atoms with Gasteiger partial charge in [-0.2, -0.15) is 0 Å². The molecule has 7 nitrogen and oxygen atoms in total. The molecule has 0 saturated heterocycles. The first kappa shape index (κ1) is 19.9. The zero-order valence-electron chi connectivity index (χ0n) is 16.2. The second-order valence-electron chi connectivity index (χ2n) is 6.68. The molecule has 0 aliphatic heterocycles. The molecule has 0 bridgehead atoms. The molecule has 3 aromatic heterocycles. The van der Waals surface area contributed by atoms with Crippen molar-refractivity contribution in [2.45, 2.75) is 14.4 Å². The Morgan fingerprint density at radius 1 is 0.968 bits per heavy atom. The molecule has 0 spiro atoms. The first-order valence-corrected chi connectivity index (χ1v) is 12.7. The van der Waals surface area contributed by atoms with Gasteiger partial charge in [0.1, 0.15) is 5.69 Å². The van der Waals surface area contributed by atoms with E-state index in [0.29, 0.717) is 16.7 Å². The zero-order chi connectivity index (χ0) is 21.4. The van der Waals surface area contributed by atoms with Gasteiger partial charge in [-0.1, -0.05) is 24.3 Å². The number of pyridine rings is 1. The minimum atomic E-state index is -3.28. The molecule has 0 unspecified atom stereocenters. The van der Waals surface area contributed by atoms with Crippen LogP contribution in [0.15, 0.2) is 87.3 Å². The highest BCUT2D eigenvalue weighted by molar-refractivity contribution is 8.01. The van der Waals surface area contributed by atoms with Crippen LogP contribution in [0, 0.1) is 0 Å². The second kappa shape index (κ2) is 7.88. The maximum absolute atomic E-state index is 11.9. The van der Waals surface area contributed by atoms with Crippen LogP contribution in [0.3, 0.4) is 0 Å². The predicted octanol–water partition coefficient (Wildman–Crippen LogP) is 4.49. The SMILES string of the molecule is CS(=O)(=O)c1ccc2nc(Sc3nnc(-c4ccccn4)n3-c3ccccc3)sc2c1. The Labute approximate surface area is 186 Å². The van der Waals surface area contributed by atoms with Gasteiger partial charge in [0, 0.05) is 18.1 Å². The summed E-state index contributed by atoms with van der Waals surface area (Å²) in [5.74, 6) is 0.634. The van der Waals surface area contributed by atoms with E-state index in [2.05, 4.69) is 20.2 Å². The molecule has 2 aromatic carbocycles. The molecule has 5 aromatic rings. The van der Waals surface area contributed by atoms with Gasteiger partial charge in [-0.05, 0) is 54.2 Å². The van der Waals surface area contributed by atoms with E-state index in [1.165, 1.54) is 29.4 Å². The van der Waals surface area contributed by atoms with Crippen LogP contribution in [0.25, 0.3) is 27.4 Å². The number of para-hydroxylation sites is 1. The topological polar surface area (TPSA) is 90.6 Å². The van der Waals surface area contributed by atoms with Crippen molar-refractivity contribution in [1.29, 1.82) is 0 Å². The normalized spacial score (nSPS) is 11.8. The highest BCUT2D eigenvalue weighted by Gasteiger charge is 2.19. The van der Waals surface area contributed by atoms with Crippen LogP contribution in [0.2, 0.25) is 0 Å². The fourth-order valence-corrected chi connectivity index (χ4v) is 5.83. The van der Waals surface area contributed by atoms with Crippen LogP contribution in [0.4, 0.5) is 0 Å². The summed E-state index contributed by atoms with van der Waals surface area (Å²) in [6.07, 6.45) is 2.92. The summed E-state index contributed by atoms with van der Waals surface area (Å²) in [4.78, 5) is 9.34. The molecule has 0 radical (unpaired) electrons. The molecular weight excluding hydrogens is 450 g/mol. The molecular formula is C21H15N5O2S3. The molecule has 10 heteroatoms. The molecule has 0 atom stereocenters. The molecule has 0 amide bonds. The van der Waals surface area contributed by atoms with Crippen LogP contribution in [0.5, 0.6) is 0 Å². The van der Waals surface area contributed by atoms with Crippen LogP contribution >= 0.6 is 23.1 Å². The number of rotatable bonds is 5. The first-order chi connectivity index (χ1) is 15.0. The molecule has 31 heavy (non-hydrogen) atoms. The third-order valence-corrected chi connectivity index (χ3v) is 7.62. The molecule has 5 rings (SSSR count). The van der Waals surface area contributed by atoms with Crippen molar-refractivity contribution in [2.24, 2.45) is 0 Å². The lowest BCUT2D eigenvalue weighted by Crippen LogP contribution is -2.00. The molecule has 0 saturated carbocycles. The minimum Gasteiger partial charge on any atom is -0.268 e. The Balaban J connectivity index is 1.59. The van der Waals surface area contributed by atoms with Gasteiger partial charge in [0.2, 0.25) is 5.16 Å². The number of hydrogen-bond acceptors (Lipinski definition) is 8. The summed E-state index contributed by atoms with van der Waals surface area (Å²) in [6, 6.07) is 20.5. The number of aromatic nitrogens is 5. The summed E-state index contributed by atoms with van der Waals surface area (Å²) >= 11 is 2.81. The molecule has 0 fully saturated rings. The molecule has 0 aliphatic carbocycles. The highest BCUT2D eigenvalue weighted by atomic mass is 32.2. The van der Waals surface area contributed by atoms with Crippen molar-refractivity contribution >= 4 is 43.2 Å². The van der Waals surface area contributed by atoms with Gasteiger partial charge < -0.3 is 0 Å². The third kappa shape index (κ3) is 3.97. The van der Waals surface area contributed by atoms with E-state index in [9.17, 15) is 8.42 Å². The second-order valence-corrected chi connectivity index (χ2v) is 10.9. The summed E-state index contributed by atoms with van der Waals surface area (Å²) < 4.78 is 27.2. The van der Waals surface area contributed by atoms with Crippen LogP contribution in [0.1, 0.15) is 0 Å². The Kier molecular flexibility index (Phi) is 5.05. The van der Waals surface area contributed by atoms with Crippen LogP contribution in [-0.2, 0) is 9.84 Å². The quantitative estimate of drug-likeness (QED) is 0.378. The Hall–Kier alpha value is -3.08. The van der Waals surface area contributed by atoms with Crippen molar-refractivity contribution in [3.63, 3.8) is 0 Å². The zero-order valence-corrected chi connectivity index (χ0v) is 18.7. The number of nitrogens with zero attached hydrogens (tertiary/aromatic N) is 5. The van der Waals surface area contributed by atoms with Crippen molar-refractivity contribution in [3.05, 3.63) is 72.9 Å². The Morgan fingerprint density at radius 3 is 2.52 bits per heavy atom. The fraction of sp³-hybridized carbons (Fsp3) is 0.0476. The van der Waals surface area contributed by atoms with E-state index >= 15 is 0 Å². The van der Waals surface area contributed by atoms with Gasteiger partial charge >= 0.3 is 0 Å². The maximum atomic E-state index is 11.9. The monoisotopic (exact) mass is 465 g/mol. The standard InChI is InChI=1S/C21H15N5O2S3/c1-31(27,28)15-10-11-16-18(13-15)29-21(23-16)30-20-25-24-19(17-9-5-6-12-22-17)26(20)14-7-3-2-4-8-14/h2-13H,1H3. The van der Waals surface area contributed by atoms with Gasteiger partial charge in [0.05, 0.1) is 15.1 Å². The lowest BCUT2D eigenvalue weighted by molar-refractivity contribution is 0.602. The van der Waals surface area contributed by atoms with Crippen LogP contribution in [-0.4, -0.2) is 39.4 Å². The minimum absolute atomic E-state index is 0.282. The van der Waals surface area contributed by atoms with E-state index in [0.717, 1.165) is 20.2 Å². The third-order valence-electron chi connectivity index (χ3n) is 4.49. The number of sulfone groups is 1. The lowest BCUT2D eigenvalue weighted by Gasteiger charge is -2.08. The predicted molar refractivity (Wildman–Crippen MR) is 121 cm³/mol. The van der Waals surface area contributed by atoms with E-state index in [1.807, 2.05) is 53.1 Å². The number of fused-ring (bicyclic) bond motifs is 1. The van der Waals surface area contributed by atoms with Crippen molar-refractivity contribution in [3.8, 4) is 17.2 Å². The van der Waals surface area contributed by atoms with Crippen molar-refractivity contribution < 1.29 is 8.42 Å². The molecule has 154 valence electrons. The fourth-order valence-electron chi connectivity index (χ4n) is 3.04. The number of thiazole rings is 1. The Bertz CT molecular complexity index is 1480. The van der Waals surface area contributed by atoms with Gasteiger partial charge in [-0.25, -0.2) is 13.4 Å². The van der Waals surface area contributed by atoms with Crippen LogP contribution < -0.4 is 0 Å². The van der Waals surface area contributed by atoms with Gasteiger partial charge in [-0.3, -0.25) is 9.55 Å². The van der Waals surface area contributed by atoms with Crippen molar-refractivity contribution in [2.75, 3.05) is 6.26 Å². The van der Waals surface area contributed by atoms with E-state index in [1.54, 1.807) is 24.4 Å². The average molecular weight is 466 g/mol. The molecule has 3 heterocycles. The summed E-state index contributed by atoms with van der Waals surface area (Å²) in [7, 11) is -3.28.